The van der Waals surface area contributed by atoms with Crippen LogP contribution >= 0.6 is 0 Å². The van der Waals surface area contributed by atoms with Gasteiger partial charge in [0.1, 0.15) is 0 Å². The quantitative estimate of drug-likeness (QED) is 0.132. The van der Waals surface area contributed by atoms with Crippen LogP contribution < -0.4 is 0 Å². The maximum atomic E-state index is 11.0. The Kier molecular flexibility index (Phi) is 20.6. The molecule has 7 heteroatoms. The monoisotopic (exact) mass is 448 g/mol. The fourth-order valence-corrected chi connectivity index (χ4v) is 4.03. The second-order valence-electron chi connectivity index (χ2n) is 8.98. The van der Waals surface area contributed by atoms with E-state index in [-0.39, 0.29) is 13.0 Å². The van der Waals surface area contributed by atoms with E-state index in [4.69, 9.17) is 15.3 Å². The smallest absolute Gasteiger partial charge is 0.332 e. The van der Waals surface area contributed by atoms with E-state index in [1.54, 1.807) is 0 Å². The summed E-state index contributed by atoms with van der Waals surface area (Å²) >= 11 is 0. The molecule has 31 heavy (non-hydrogen) atoms. The molecule has 0 rings (SSSR count). The maximum Gasteiger partial charge on any atom is 0.332 e. The van der Waals surface area contributed by atoms with Crippen molar-refractivity contribution in [3.63, 3.8) is 0 Å². The van der Waals surface area contributed by atoms with Crippen molar-refractivity contribution in [2.24, 2.45) is 5.92 Å². The minimum absolute atomic E-state index is 0.108. The van der Waals surface area contributed by atoms with E-state index in [0.29, 0.717) is 12.8 Å². The number of carbonyl (C=O) groups is 1. The summed E-state index contributed by atoms with van der Waals surface area (Å²) in [5, 5.41) is 55.2. The van der Waals surface area contributed by atoms with Crippen LogP contribution in [0.15, 0.2) is 0 Å². The molecule has 4 unspecified atom stereocenters. The van der Waals surface area contributed by atoms with E-state index in [1.807, 2.05) is 0 Å². The van der Waals surface area contributed by atoms with Gasteiger partial charge < -0.3 is 30.6 Å². The highest BCUT2D eigenvalue weighted by atomic mass is 16.4. The minimum atomic E-state index is -1.49. The molecule has 6 N–H and O–H groups in total. The molecule has 0 heterocycles. The molecule has 0 aliphatic heterocycles. The standard InChI is InChI=1S/C24H48O7/c25-18-21(27)16-14-12-10-8-6-4-2-1-3-5-7-9-11-13-15-20(17-22(28)19-26)23(29)24(30)31/h20-23,25-29H,1-19H2,(H,30,31). The third-order valence-corrected chi connectivity index (χ3v) is 6.06. The summed E-state index contributed by atoms with van der Waals surface area (Å²) in [7, 11) is 0. The molecular formula is C24H48O7. The van der Waals surface area contributed by atoms with Gasteiger partial charge in [0.05, 0.1) is 25.4 Å². The second kappa shape index (κ2) is 21.1. The topological polar surface area (TPSA) is 138 Å². The van der Waals surface area contributed by atoms with Crippen LogP contribution in [0.2, 0.25) is 0 Å². The Morgan fingerprint density at radius 2 is 0.903 bits per heavy atom. The molecule has 0 aromatic carbocycles. The molecule has 7 nitrogen and oxygen atoms in total. The van der Waals surface area contributed by atoms with Crippen molar-refractivity contribution in [2.75, 3.05) is 13.2 Å². The average Bonchev–Trinajstić information content (AvgIpc) is 2.76. The van der Waals surface area contributed by atoms with Crippen molar-refractivity contribution in [1.29, 1.82) is 0 Å². The van der Waals surface area contributed by atoms with Gasteiger partial charge in [0, 0.05) is 0 Å². The summed E-state index contributed by atoms with van der Waals surface area (Å²) in [5.74, 6) is -1.79. The van der Waals surface area contributed by atoms with Gasteiger partial charge in [-0.2, -0.15) is 0 Å². The van der Waals surface area contributed by atoms with Crippen molar-refractivity contribution in [1.82, 2.24) is 0 Å². The van der Waals surface area contributed by atoms with Gasteiger partial charge in [-0.1, -0.05) is 89.9 Å². The largest absolute Gasteiger partial charge is 0.479 e. The molecule has 0 saturated carbocycles. The van der Waals surface area contributed by atoms with E-state index in [1.165, 1.54) is 57.8 Å². The van der Waals surface area contributed by atoms with Crippen molar-refractivity contribution < 1.29 is 35.4 Å². The van der Waals surface area contributed by atoms with Gasteiger partial charge in [0.15, 0.2) is 6.10 Å². The Labute approximate surface area is 188 Å². The number of rotatable bonds is 23. The molecule has 0 radical (unpaired) electrons. The van der Waals surface area contributed by atoms with E-state index in [0.717, 1.165) is 32.1 Å². The highest BCUT2D eigenvalue weighted by molar-refractivity contribution is 5.72. The van der Waals surface area contributed by atoms with Crippen molar-refractivity contribution in [3.05, 3.63) is 0 Å². The van der Waals surface area contributed by atoms with E-state index >= 15 is 0 Å². The SMILES string of the molecule is O=C(O)C(O)C(CCCCCCCCCCCCCCCCC(O)CO)CC(O)CO. The lowest BCUT2D eigenvalue weighted by Gasteiger charge is -2.22. The molecule has 0 aliphatic rings. The van der Waals surface area contributed by atoms with Gasteiger partial charge in [-0.3, -0.25) is 0 Å². The van der Waals surface area contributed by atoms with Gasteiger partial charge in [-0.15, -0.1) is 0 Å². The van der Waals surface area contributed by atoms with Gasteiger partial charge in [0.25, 0.3) is 0 Å². The average molecular weight is 449 g/mol. The third-order valence-electron chi connectivity index (χ3n) is 6.06. The summed E-state index contributed by atoms with van der Waals surface area (Å²) < 4.78 is 0. The Hall–Kier alpha value is -0.730. The zero-order valence-corrected chi connectivity index (χ0v) is 19.3. The van der Waals surface area contributed by atoms with Crippen LogP contribution in [-0.4, -0.2) is 68.1 Å². The summed E-state index contributed by atoms with van der Waals surface area (Å²) in [6.45, 7) is -0.549. The fraction of sp³-hybridized carbons (Fsp3) is 0.958. The number of carboxylic acid groups (broad SMARTS) is 1. The molecule has 0 fully saturated rings. The highest BCUT2D eigenvalue weighted by Crippen LogP contribution is 2.21. The first-order valence-electron chi connectivity index (χ1n) is 12.4. The van der Waals surface area contributed by atoms with Crippen LogP contribution in [0.1, 0.15) is 109 Å². The zero-order valence-electron chi connectivity index (χ0n) is 19.3. The second-order valence-corrected chi connectivity index (χ2v) is 8.98. The molecule has 0 aromatic rings. The lowest BCUT2D eigenvalue weighted by atomic mass is 9.89. The molecule has 0 aliphatic carbocycles. The molecule has 0 amide bonds. The maximum absolute atomic E-state index is 11.0. The molecule has 0 aromatic heterocycles. The summed E-state index contributed by atoms with van der Waals surface area (Å²) in [6.07, 6.45) is 14.6. The number of unbranched alkanes of at least 4 members (excludes halogenated alkanes) is 13. The Bertz CT molecular complexity index is 405. The van der Waals surface area contributed by atoms with Gasteiger partial charge in [-0.25, -0.2) is 4.79 Å². The van der Waals surface area contributed by atoms with Crippen molar-refractivity contribution in [2.45, 2.75) is 127 Å². The predicted molar refractivity (Wildman–Crippen MR) is 122 cm³/mol. The van der Waals surface area contributed by atoms with Gasteiger partial charge in [0.2, 0.25) is 0 Å². The molecule has 0 spiro atoms. The molecule has 0 saturated heterocycles. The first-order chi connectivity index (χ1) is 14.9. The molecule has 186 valence electrons. The van der Waals surface area contributed by atoms with Crippen LogP contribution in [0, 0.1) is 5.92 Å². The minimum Gasteiger partial charge on any atom is -0.479 e. The fourth-order valence-electron chi connectivity index (χ4n) is 4.03. The zero-order chi connectivity index (χ0) is 23.3. The van der Waals surface area contributed by atoms with Crippen LogP contribution in [0.25, 0.3) is 0 Å². The first-order valence-corrected chi connectivity index (χ1v) is 12.4. The lowest BCUT2D eigenvalue weighted by Crippen LogP contribution is -2.32. The van der Waals surface area contributed by atoms with E-state index in [9.17, 15) is 20.1 Å². The Morgan fingerprint density at radius 3 is 1.26 bits per heavy atom. The van der Waals surface area contributed by atoms with Crippen LogP contribution in [0.5, 0.6) is 0 Å². The molecular weight excluding hydrogens is 400 g/mol. The number of aliphatic hydroxyl groups is 5. The van der Waals surface area contributed by atoms with Crippen molar-refractivity contribution in [3.8, 4) is 0 Å². The first kappa shape index (κ1) is 30.3. The van der Waals surface area contributed by atoms with Crippen molar-refractivity contribution >= 4 is 5.97 Å². The van der Waals surface area contributed by atoms with Crippen LogP contribution in [-0.2, 0) is 4.79 Å². The van der Waals surface area contributed by atoms with Crippen LogP contribution in [0.4, 0.5) is 0 Å². The number of carboxylic acids is 1. The highest BCUT2D eigenvalue weighted by Gasteiger charge is 2.27. The molecule has 0 bridgehead atoms. The number of aliphatic carboxylic acids is 1. The normalized spacial score (nSPS) is 15.5. The number of hydrogen-bond acceptors (Lipinski definition) is 6. The summed E-state index contributed by atoms with van der Waals surface area (Å²) in [6, 6.07) is 0. The predicted octanol–water partition coefficient (Wildman–Crippen LogP) is 3.39. The van der Waals surface area contributed by atoms with E-state index < -0.39 is 36.8 Å². The van der Waals surface area contributed by atoms with E-state index in [2.05, 4.69) is 0 Å². The Morgan fingerprint density at radius 1 is 0.548 bits per heavy atom. The third kappa shape index (κ3) is 18.5. The Balaban J connectivity index is 3.49. The van der Waals surface area contributed by atoms with Gasteiger partial charge >= 0.3 is 5.97 Å². The number of hydrogen-bond donors (Lipinski definition) is 6. The van der Waals surface area contributed by atoms with Gasteiger partial charge in [-0.05, 0) is 25.2 Å². The summed E-state index contributed by atoms with van der Waals surface area (Å²) in [5.41, 5.74) is 0. The molecule has 4 atom stereocenters. The number of aliphatic hydroxyl groups excluding tert-OH is 5. The summed E-state index contributed by atoms with van der Waals surface area (Å²) in [4.78, 5) is 11.0. The van der Waals surface area contributed by atoms with Crippen LogP contribution in [0.3, 0.4) is 0 Å². The lowest BCUT2D eigenvalue weighted by molar-refractivity contribution is -0.150.